The normalized spacial score (nSPS) is 50.0. The molecule has 70 valence electrons. The Labute approximate surface area is 74.1 Å². The summed E-state index contributed by atoms with van der Waals surface area (Å²) in [5.41, 5.74) is 6.54. The third kappa shape index (κ3) is 0.882. The lowest BCUT2D eigenvalue weighted by Gasteiger charge is -2.61. The van der Waals surface area contributed by atoms with E-state index >= 15 is 0 Å². The second-order valence-corrected chi connectivity index (χ2v) is 5.12. The van der Waals surface area contributed by atoms with Crippen molar-refractivity contribution in [1.29, 1.82) is 0 Å². The first kappa shape index (κ1) is 8.52. The van der Waals surface area contributed by atoms with Crippen LogP contribution in [0, 0.1) is 23.2 Å². The van der Waals surface area contributed by atoms with E-state index in [-0.39, 0.29) is 12.6 Å². The Bertz CT molecular complexity index is 190. The predicted octanol–water partition coefficient (Wildman–Crippen LogP) is 0.988. The second-order valence-electron chi connectivity index (χ2n) is 5.12. The lowest BCUT2D eigenvalue weighted by atomic mass is 9.45. The maximum Gasteiger partial charge on any atom is 0.0474 e. The van der Waals surface area contributed by atoms with Crippen molar-refractivity contribution >= 4 is 0 Å². The third-order valence-electron chi connectivity index (χ3n) is 4.38. The van der Waals surface area contributed by atoms with E-state index in [9.17, 15) is 0 Å². The first-order valence-corrected chi connectivity index (χ1v) is 4.93. The zero-order valence-corrected chi connectivity index (χ0v) is 7.96. The Morgan fingerprint density at radius 3 is 2.50 bits per heavy atom. The van der Waals surface area contributed by atoms with Crippen molar-refractivity contribution in [3.05, 3.63) is 0 Å². The van der Waals surface area contributed by atoms with Gasteiger partial charge in [-0.05, 0) is 36.0 Å². The van der Waals surface area contributed by atoms with Crippen molar-refractivity contribution in [2.24, 2.45) is 28.9 Å². The van der Waals surface area contributed by atoms with Gasteiger partial charge in [0.15, 0.2) is 0 Å². The van der Waals surface area contributed by atoms with Crippen LogP contribution in [0.3, 0.4) is 0 Å². The van der Waals surface area contributed by atoms with E-state index in [2.05, 4.69) is 13.8 Å². The second kappa shape index (κ2) is 2.46. The Morgan fingerprint density at radius 2 is 2.08 bits per heavy atom. The van der Waals surface area contributed by atoms with Gasteiger partial charge in [0.2, 0.25) is 0 Å². The Morgan fingerprint density at radius 1 is 1.42 bits per heavy atom. The number of hydrogen-bond acceptors (Lipinski definition) is 2. The molecule has 0 aliphatic heterocycles. The molecule has 3 N–H and O–H groups in total. The fraction of sp³-hybridized carbons (Fsp3) is 1.00. The fourth-order valence-corrected chi connectivity index (χ4v) is 3.16. The maximum absolute atomic E-state index is 9.09. The molecule has 3 saturated carbocycles. The number of fused-ring (bicyclic) bond motifs is 2. The highest BCUT2D eigenvalue weighted by Crippen LogP contribution is 2.59. The smallest absolute Gasteiger partial charge is 0.0474 e. The first-order valence-electron chi connectivity index (χ1n) is 4.93. The van der Waals surface area contributed by atoms with E-state index in [4.69, 9.17) is 10.8 Å². The van der Waals surface area contributed by atoms with Crippen molar-refractivity contribution in [1.82, 2.24) is 0 Å². The quantitative estimate of drug-likeness (QED) is 0.615. The van der Waals surface area contributed by atoms with E-state index in [0.29, 0.717) is 17.3 Å². The molecule has 0 heterocycles. The molecule has 3 fully saturated rings. The molecule has 0 spiro atoms. The van der Waals surface area contributed by atoms with E-state index in [0.717, 1.165) is 12.3 Å². The van der Waals surface area contributed by atoms with Crippen LogP contribution in [0.4, 0.5) is 0 Å². The summed E-state index contributed by atoms with van der Waals surface area (Å²) in [5.74, 6) is 1.86. The number of hydrogen-bond donors (Lipinski definition) is 2. The van der Waals surface area contributed by atoms with E-state index < -0.39 is 0 Å². The number of aliphatic hydroxyl groups is 1. The molecular formula is C10H19NO. The van der Waals surface area contributed by atoms with Gasteiger partial charge in [0.1, 0.15) is 0 Å². The summed E-state index contributed by atoms with van der Waals surface area (Å²) >= 11 is 0. The molecule has 3 aliphatic carbocycles. The number of nitrogens with two attached hydrogens (primary N) is 1. The van der Waals surface area contributed by atoms with Gasteiger partial charge in [0, 0.05) is 12.6 Å². The Kier molecular flexibility index (Phi) is 1.74. The molecule has 0 aromatic heterocycles. The van der Waals surface area contributed by atoms with Gasteiger partial charge in [-0.1, -0.05) is 13.8 Å². The molecule has 3 aliphatic rings. The monoisotopic (exact) mass is 169 g/mol. The zero-order valence-electron chi connectivity index (χ0n) is 7.96. The van der Waals surface area contributed by atoms with Crippen LogP contribution < -0.4 is 5.73 Å². The molecule has 2 nitrogen and oxygen atoms in total. The van der Waals surface area contributed by atoms with Crippen LogP contribution in [0.25, 0.3) is 0 Å². The van der Waals surface area contributed by atoms with Gasteiger partial charge < -0.3 is 10.8 Å². The van der Waals surface area contributed by atoms with Crippen molar-refractivity contribution < 1.29 is 5.11 Å². The highest BCUT2D eigenvalue weighted by molar-refractivity contribution is 5.07. The molecule has 0 aromatic carbocycles. The SMILES string of the molecule is CC1(C)[C@H]2C[C@@H](CO)[C@H](N)[C@@H]1C2. The van der Waals surface area contributed by atoms with Crippen LogP contribution in [0.5, 0.6) is 0 Å². The largest absolute Gasteiger partial charge is 0.396 e. The lowest BCUT2D eigenvalue weighted by Crippen LogP contribution is -2.61. The predicted molar refractivity (Wildman–Crippen MR) is 48.5 cm³/mol. The van der Waals surface area contributed by atoms with Crippen LogP contribution in [0.15, 0.2) is 0 Å². The summed E-state index contributed by atoms with van der Waals surface area (Å²) in [6.45, 7) is 4.92. The molecule has 0 radical (unpaired) electrons. The van der Waals surface area contributed by atoms with Crippen molar-refractivity contribution in [2.75, 3.05) is 6.61 Å². The van der Waals surface area contributed by atoms with Crippen LogP contribution in [-0.2, 0) is 0 Å². The fourth-order valence-electron chi connectivity index (χ4n) is 3.16. The minimum absolute atomic E-state index is 0.245. The van der Waals surface area contributed by atoms with E-state index in [1.165, 1.54) is 6.42 Å². The minimum atomic E-state index is 0.245. The summed E-state index contributed by atoms with van der Waals surface area (Å²) in [4.78, 5) is 0. The highest BCUT2D eigenvalue weighted by Gasteiger charge is 2.56. The number of rotatable bonds is 1. The van der Waals surface area contributed by atoms with E-state index in [1.54, 1.807) is 0 Å². The van der Waals surface area contributed by atoms with Gasteiger partial charge in [-0.25, -0.2) is 0 Å². The van der Waals surface area contributed by atoms with Gasteiger partial charge in [-0.3, -0.25) is 0 Å². The summed E-state index contributed by atoms with van der Waals surface area (Å²) in [5, 5.41) is 9.09. The highest BCUT2D eigenvalue weighted by atomic mass is 16.3. The summed E-state index contributed by atoms with van der Waals surface area (Å²) in [7, 11) is 0. The van der Waals surface area contributed by atoms with Gasteiger partial charge in [-0.2, -0.15) is 0 Å². The molecule has 0 amide bonds. The molecule has 12 heavy (non-hydrogen) atoms. The molecule has 2 heteroatoms. The molecule has 2 bridgehead atoms. The summed E-state index contributed by atoms with van der Waals surface area (Å²) < 4.78 is 0. The van der Waals surface area contributed by atoms with Crippen molar-refractivity contribution in [3.8, 4) is 0 Å². The van der Waals surface area contributed by atoms with E-state index in [1.807, 2.05) is 0 Å². The molecule has 0 aromatic rings. The summed E-state index contributed by atoms with van der Waals surface area (Å²) in [6.07, 6.45) is 2.44. The van der Waals surface area contributed by atoms with Crippen LogP contribution in [0.1, 0.15) is 26.7 Å². The number of aliphatic hydroxyl groups excluding tert-OH is 1. The van der Waals surface area contributed by atoms with Crippen LogP contribution in [-0.4, -0.2) is 17.8 Å². The summed E-state index contributed by atoms with van der Waals surface area (Å²) in [6, 6.07) is 0.245. The average molecular weight is 169 g/mol. The van der Waals surface area contributed by atoms with Gasteiger partial charge in [-0.15, -0.1) is 0 Å². The lowest BCUT2D eigenvalue weighted by molar-refractivity contribution is -0.113. The standard InChI is InChI=1S/C10H19NO/c1-10(2)7-3-6(5-12)9(11)8(10)4-7/h6-9,12H,3-5,11H2,1-2H3/t6-,7-,8-,9-/m0/s1. The minimum Gasteiger partial charge on any atom is -0.396 e. The first-order chi connectivity index (χ1) is 5.57. The molecule has 0 saturated heterocycles. The van der Waals surface area contributed by atoms with Crippen molar-refractivity contribution in [2.45, 2.75) is 32.7 Å². The molecule has 0 unspecified atom stereocenters. The van der Waals surface area contributed by atoms with Crippen molar-refractivity contribution in [3.63, 3.8) is 0 Å². The molecular weight excluding hydrogens is 150 g/mol. The third-order valence-corrected chi connectivity index (χ3v) is 4.38. The Hall–Kier alpha value is -0.0800. The zero-order chi connectivity index (χ0) is 8.93. The van der Waals surface area contributed by atoms with Gasteiger partial charge in [0.25, 0.3) is 0 Å². The molecule has 4 atom stereocenters. The van der Waals surface area contributed by atoms with Crippen LogP contribution in [0.2, 0.25) is 0 Å². The maximum atomic E-state index is 9.09. The van der Waals surface area contributed by atoms with Crippen LogP contribution >= 0.6 is 0 Å². The average Bonchev–Trinajstić information content (AvgIpc) is 2.03. The molecule has 3 rings (SSSR count). The topological polar surface area (TPSA) is 46.2 Å². The Balaban J connectivity index is 2.11. The van der Waals surface area contributed by atoms with Gasteiger partial charge >= 0.3 is 0 Å². The van der Waals surface area contributed by atoms with Gasteiger partial charge in [0.05, 0.1) is 0 Å².